The number of hydrogen-bond donors (Lipinski definition) is 1. The molecule has 0 unspecified atom stereocenters. The lowest BCUT2D eigenvalue weighted by atomic mass is 10.1. The maximum absolute atomic E-state index is 4.65. The van der Waals surface area contributed by atoms with Crippen molar-refractivity contribution in [3.63, 3.8) is 0 Å². The van der Waals surface area contributed by atoms with Gasteiger partial charge in [0.25, 0.3) is 0 Å². The van der Waals surface area contributed by atoms with Crippen molar-refractivity contribution in [3.05, 3.63) is 77.5 Å². The van der Waals surface area contributed by atoms with Crippen molar-refractivity contribution in [2.45, 2.75) is 20.4 Å². The highest BCUT2D eigenvalue weighted by molar-refractivity contribution is 5.57. The van der Waals surface area contributed by atoms with Crippen LogP contribution in [0.5, 0.6) is 0 Å². The minimum Gasteiger partial charge on any atom is -0.366 e. The first-order chi connectivity index (χ1) is 11.6. The van der Waals surface area contributed by atoms with Crippen LogP contribution in [-0.4, -0.2) is 17.0 Å². The fourth-order valence-electron chi connectivity index (χ4n) is 2.46. The van der Waals surface area contributed by atoms with E-state index in [0.29, 0.717) is 5.95 Å². The summed E-state index contributed by atoms with van der Waals surface area (Å²) in [5.74, 6) is 1.52. The first kappa shape index (κ1) is 16.0. The van der Waals surface area contributed by atoms with Gasteiger partial charge in [0.1, 0.15) is 5.82 Å². The van der Waals surface area contributed by atoms with Crippen molar-refractivity contribution >= 4 is 17.5 Å². The summed E-state index contributed by atoms with van der Waals surface area (Å²) in [5.41, 5.74) is 4.50. The molecule has 3 rings (SSSR count). The van der Waals surface area contributed by atoms with Gasteiger partial charge in [-0.1, -0.05) is 48.0 Å². The number of hydrogen-bond acceptors (Lipinski definition) is 4. The lowest BCUT2D eigenvalue weighted by Gasteiger charge is -2.18. The number of benzene rings is 2. The molecule has 0 saturated carbocycles. The molecule has 0 amide bonds. The van der Waals surface area contributed by atoms with Crippen molar-refractivity contribution in [1.82, 2.24) is 9.97 Å². The van der Waals surface area contributed by atoms with Crippen LogP contribution in [0.15, 0.2) is 60.7 Å². The van der Waals surface area contributed by atoms with Gasteiger partial charge in [-0.2, -0.15) is 4.98 Å². The second-order valence-electron chi connectivity index (χ2n) is 5.93. The van der Waals surface area contributed by atoms with Gasteiger partial charge in [0.2, 0.25) is 5.95 Å². The average Bonchev–Trinajstić information content (AvgIpc) is 2.61. The molecule has 0 radical (unpaired) electrons. The van der Waals surface area contributed by atoms with Gasteiger partial charge in [0.05, 0.1) is 0 Å². The first-order valence-corrected chi connectivity index (χ1v) is 8.06. The first-order valence-electron chi connectivity index (χ1n) is 8.06. The monoisotopic (exact) mass is 318 g/mol. The van der Waals surface area contributed by atoms with Crippen LogP contribution >= 0.6 is 0 Å². The van der Waals surface area contributed by atoms with E-state index in [1.165, 1.54) is 11.1 Å². The van der Waals surface area contributed by atoms with Crippen LogP contribution in [0.1, 0.15) is 16.8 Å². The lowest BCUT2D eigenvalue weighted by molar-refractivity contribution is 0.998. The minimum atomic E-state index is 0.688. The Labute approximate surface area is 143 Å². The lowest BCUT2D eigenvalue weighted by Crippen LogP contribution is -2.14. The molecular formula is C20H22N4. The molecule has 122 valence electrons. The number of rotatable bonds is 5. The van der Waals surface area contributed by atoms with Gasteiger partial charge in [-0.3, -0.25) is 0 Å². The van der Waals surface area contributed by atoms with Crippen LogP contribution in [0.3, 0.4) is 0 Å². The van der Waals surface area contributed by atoms with E-state index in [4.69, 9.17) is 0 Å². The molecule has 0 spiro atoms. The minimum absolute atomic E-state index is 0.688. The van der Waals surface area contributed by atoms with Gasteiger partial charge in [0, 0.05) is 31.0 Å². The summed E-state index contributed by atoms with van der Waals surface area (Å²) >= 11 is 0. The molecule has 0 aliphatic heterocycles. The molecule has 1 heterocycles. The predicted octanol–water partition coefficient (Wildman–Crippen LogP) is 4.47. The van der Waals surface area contributed by atoms with E-state index >= 15 is 0 Å². The Hall–Kier alpha value is -2.88. The third-order valence-electron chi connectivity index (χ3n) is 3.88. The van der Waals surface area contributed by atoms with Crippen LogP contribution in [0.25, 0.3) is 0 Å². The molecule has 0 fully saturated rings. The molecule has 0 bridgehead atoms. The van der Waals surface area contributed by atoms with Gasteiger partial charge in [-0.15, -0.1) is 0 Å². The van der Waals surface area contributed by atoms with E-state index in [1.807, 2.05) is 55.3 Å². The maximum atomic E-state index is 4.65. The molecule has 0 atom stereocenters. The summed E-state index contributed by atoms with van der Waals surface area (Å²) in [7, 11) is 1.98. The molecule has 0 saturated heterocycles. The van der Waals surface area contributed by atoms with Crippen LogP contribution in [0.4, 0.5) is 17.5 Å². The van der Waals surface area contributed by atoms with E-state index in [1.54, 1.807) is 0 Å². The Morgan fingerprint density at radius 2 is 1.62 bits per heavy atom. The summed E-state index contributed by atoms with van der Waals surface area (Å²) in [6.07, 6.45) is 0. The standard InChI is InChI=1S/C20H22N4/c1-15-9-11-17(12-10-15)14-21-19-13-16(2)22-20(23-19)24(3)18-7-5-4-6-8-18/h4-13H,14H2,1-3H3,(H,21,22,23). The fraction of sp³-hybridized carbons (Fsp3) is 0.200. The molecule has 3 aromatic rings. The van der Waals surface area contributed by atoms with Gasteiger partial charge < -0.3 is 10.2 Å². The number of para-hydroxylation sites is 1. The van der Waals surface area contributed by atoms with Crippen molar-refractivity contribution in [1.29, 1.82) is 0 Å². The van der Waals surface area contributed by atoms with Crippen LogP contribution in [-0.2, 0) is 6.54 Å². The largest absolute Gasteiger partial charge is 0.366 e. The smallest absolute Gasteiger partial charge is 0.231 e. The van der Waals surface area contributed by atoms with Crippen molar-refractivity contribution < 1.29 is 0 Å². The second kappa shape index (κ2) is 7.13. The van der Waals surface area contributed by atoms with E-state index in [2.05, 4.69) is 46.5 Å². The van der Waals surface area contributed by atoms with Crippen molar-refractivity contribution in [2.75, 3.05) is 17.3 Å². The molecule has 4 nitrogen and oxygen atoms in total. The van der Waals surface area contributed by atoms with E-state index in [9.17, 15) is 0 Å². The maximum Gasteiger partial charge on any atom is 0.231 e. The summed E-state index contributed by atoms with van der Waals surface area (Å²) in [5, 5.41) is 3.39. The highest BCUT2D eigenvalue weighted by Gasteiger charge is 2.09. The zero-order valence-electron chi connectivity index (χ0n) is 14.3. The van der Waals surface area contributed by atoms with Crippen LogP contribution < -0.4 is 10.2 Å². The summed E-state index contributed by atoms with van der Waals surface area (Å²) < 4.78 is 0. The van der Waals surface area contributed by atoms with Crippen LogP contribution in [0, 0.1) is 13.8 Å². The Bertz CT molecular complexity index is 798. The SMILES string of the molecule is Cc1ccc(CNc2cc(C)nc(N(C)c3ccccc3)n2)cc1. The molecule has 0 aliphatic rings. The molecule has 4 heteroatoms. The second-order valence-corrected chi connectivity index (χ2v) is 5.93. The highest BCUT2D eigenvalue weighted by atomic mass is 15.2. The Morgan fingerprint density at radius 1 is 0.917 bits per heavy atom. The number of aryl methyl sites for hydroxylation is 2. The zero-order chi connectivity index (χ0) is 16.9. The fourth-order valence-corrected chi connectivity index (χ4v) is 2.46. The molecule has 1 N–H and O–H groups in total. The number of nitrogens with one attached hydrogen (secondary N) is 1. The predicted molar refractivity (Wildman–Crippen MR) is 99.8 cm³/mol. The van der Waals surface area contributed by atoms with Gasteiger partial charge >= 0.3 is 0 Å². The Morgan fingerprint density at radius 3 is 2.33 bits per heavy atom. The summed E-state index contributed by atoms with van der Waals surface area (Å²) in [6.45, 7) is 4.82. The van der Waals surface area contributed by atoms with Crippen molar-refractivity contribution in [3.8, 4) is 0 Å². The number of nitrogens with zero attached hydrogens (tertiary/aromatic N) is 3. The summed E-state index contributed by atoms with van der Waals surface area (Å²) in [4.78, 5) is 11.2. The quantitative estimate of drug-likeness (QED) is 0.753. The van der Waals surface area contributed by atoms with E-state index in [-0.39, 0.29) is 0 Å². The van der Waals surface area contributed by atoms with Gasteiger partial charge in [0.15, 0.2) is 0 Å². The summed E-state index contributed by atoms with van der Waals surface area (Å²) in [6, 6.07) is 20.6. The molecule has 2 aromatic carbocycles. The Kier molecular flexibility index (Phi) is 4.75. The topological polar surface area (TPSA) is 41.1 Å². The zero-order valence-corrected chi connectivity index (χ0v) is 14.3. The van der Waals surface area contributed by atoms with E-state index in [0.717, 1.165) is 23.7 Å². The van der Waals surface area contributed by atoms with Crippen molar-refractivity contribution in [2.24, 2.45) is 0 Å². The molecule has 1 aromatic heterocycles. The molecular weight excluding hydrogens is 296 g/mol. The Balaban J connectivity index is 1.77. The normalized spacial score (nSPS) is 10.5. The third-order valence-corrected chi connectivity index (χ3v) is 3.88. The number of aromatic nitrogens is 2. The highest BCUT2D eigenvalue weighted by Crippen LogP contribution is 2.21. The third kappa shape index (κ3) is 3.90. The van der Waals surface area contributed by atoms with E-state index < -0.39 is 0 Å². The van der Waals surface area contributed by atoms with Crippen LogP contribution in [0.2, 0.25) is 0 Å². The van der Waals surface area contributed by atoms with Gasteiger partial charge in [-0.05, 0) is 31.5 Å². The molecule has 24 heavy (non-hydrogen) atoms. The average molecular weight is 318 g/mol. The number of anilines is 3. The molecule has 0 aliphatic carbocycles. The van der Waals surface area contributed by atoms with Gasteiger partial charge in [-0.25, -0.2) is 4.98 Å².